The second-order valence-corrected chi connectivity index (χ2v) is 27.9. The Bertz CT molecular complexity index is 7200. The van der Waals surface area contributed by atoms with Crippen molar-refractivity contribution in [2.24, 2.45) is 0 Å². The fourth-order valence-corrected chi connectivity index (χ4v) is 17.4. The Balaban J connectivity index is 0.000000106. The molecule has 22 rings (SSSR count). The normalized spacial score (nSPS) is 11.6. The molecule has 0 saturated carbocycles. The minimum absolute atomic E-state index is 1.25. The van der Waals surface area contributed by atoms with Crippen LogP contribution in [0.15, 0.2) is 413 Å². The highest BCUT2D eigenvalue weighted by Gasteiger charge is 2.22. The van der Waals surface area contributed by atoms with Crippen molar-refractivity contribution in [3.63, 3.8) is 0 Å². The highest BCUT2D eigenvalue weighted by molar-refractivity contribution is 6.28. The summed E-state index contributed by atoms with van der Waals surface area (Å²) >= 11 is 0. The summed E-state index contributed by atoms with van der Waals surface area (Å²) in [5.41, 5.74) is 15.4. The third-order valence-corrected chi connectivity index (χ3v) is 22.1. The third-order valence-electron chi connectivity index (χ3n) is 22.1. The van der Waals surface area contributed by atoms with Crippen LogP contribution in [0.3, 0.4) is 0 Å². The van der Waals surface area contributed by atoms with Gasteiger partial charge in [0, 0.05) is 0 Å². The molecule has 0 N–H and O–H groups in total. The number of rotatable bonds is 6. The van der Waals surface area contributed by atoms with Gasteiger partial charge < -0.3 is 0 Å². The van der Waals surface area contributed by atoms with Crippen molar-refractivity contribution in [2.45, 2.75) is 0 Å². The van der Waals surface area contributed by atoms with Crippen molar-refractivity contribution in [2.75, 3.05) is 0 Å². The summed E-state index contributed by atoms with van der Waals surface area (Å²) in [6, 6.07) is 150. The molecule has 0 nitrogen and oxygen atoms in total. The summed E-state index contributed by atoms with van der Waals surface area (Å²) in [5, 5.41) is 33.5. The summed E-state index contributed by atoms with van der Waals surface area (Å²) in [5.74, 6) is 0. The summed E-state index contributed by atoms with van der Waals surface area (Å²) in [6.45, 7) is 0. The van der Waals surface area contributed by atoms with Gasteiger partial charge >= 0.3 is 0 Å². The second kappa shape index (κ2) is 26.2. The molecule has 0 aromatic heterocycles. The Hall–Kier alpha value is -13.8. The van der Waals surface area contributed by atoms with E-state index in [0.29, 0.717) is 0 Å². The number of hydrogen-bond acceptors (Lipinski definition) is 0. The lowest BCUT2D eigenvalue weighted by atomic mass is 9.83. The van der Waals surface area contributed by atoms with Gasteiger partial charge in [0.2, 0.25) is 0 Å². The van der Waals surface area contributed by atoms with Crippen LogP contribution in [-0.2, 0) is 0 Å². The lowest BCUT2D eigenvalue weighted by Gasteiger charge is -2.20. The molecule has 0 heterocycles. The molecule has 106 heavy (non-hydrogen) atoms. The fraction of sp³-hybridized carbons (Fsp3) is 0. The Morgan fingerprint density at radius 3 is 0.764 bits per heavy atom. The van der Waals surface area contributed by atoms with Crippen LogP contribution >= 0.6 is 0 Å². The molecular weight excluding hydrogens is 1270 g/mol. The van der Waals surface area contributed by atoms with Crippen LogP contribution in [0.25, 0.3) is 207 Å². The van der Waals surface area contributed by atoms with E-state index in [4.69, 9.17) is 0 Å². The molecule has 0 aliphatic carbocycles. The number of hydrogen-bond donors (Lipinski definition) is 0. The van der Waals surface area contributed by atoms with E-state index in [1.807, 2.05) is 0 Å². The van der Waals surface area contributed by atoms with Crippen LogP contribution in [-0.4, -0.2) is 0 Å². The topological polar surface area (TPSA) is 0 Å². The molecule has 0 aliphatic heterocycles. The van der Waals surface area contributed by atoms with Crippen LogP contribution in [0.2, 0.25) is 0 Å². The number of benzene rings is 22. The molecule has 22 aromatic rings. The van der Waals surface area contributed by atoms with Gasteiger partial charge in [-0.1, -0.05) is 388 Å². The molecule has 0 fully saturated rings. The van der Waals surface area contributed by atoms with Crippen molar-refractivity contribution in [3.8, 4) is 66.8 Å². The van der Waals surface area contributed by atoms with E-state index >= 15 is 0 Å². The Kier molecular flexibility index (Phi) is 15.4. The van der Waals surface area contributed by atoms with Gasteiger partial charge in [0.05, 0.1) is 0 Å². The standard InChI is InChI=1S/C38H24.2C34H22/c1-3-15-27-25(12-1)14-11-23-31(27)37-32-19-7-9-21-34(32)38(35-22-10-8-20-33(35)37)36-24-26-13-2-4-16-28(26)29-17-5-6-18-30(29)36;1-3-13-25-23(10-1)12-7-17-28(25)29-18-8-20-31-30(29)19-9-21-33(31)34-22-24-11-2-4-14-26(24)27-15-5-6-16-32(27)34;1-2-10-24-21-26(20-19-23(24)9-1)28-15-7-17-31-30(28)16-8-18-33(31)34-22-25-11-3-4-12-27(25)29-13-5-6-14-32(29)34/h1-24H;2*1-22H. The van der Waals surface area contributed by atoms with Gasteiger partial charge in [-0.05, 0) is 231 Å². The lowest BCUT2D eigenvalue weighted by molar-refractivity contribution is 1.67. The van der Waals surface area contributed by atoms with E-state index in [-0.39, 0.29) is 0 Å². The van der Waals surface area contributed by atoms with Gasteiger partial charge in [0.15, 0.2) is 0 Å². The van der Waals surface area contributed by atoms with Crippen molar-refractivity contribution in [3.05, 3.63) is 413 Å². The molecule has 0 amide bonds. The first-order valence-electron chi connectivity index (χ1n) is 36.8. The number of fused-ring (bicyclic) bond motifs is 16. The maximum atomic E-state index is 2.39. The maximum absolute atomic E-state index is 2.39. The van der Waals surface area contributed by atoms with Crippen LogP contribution < -0.4 is 0 Å². The first-order chi connectivity index (χ1) is 52.6. The predicted molar refractivity (Wildman–Crippen MR) is 460 cm³/mol. The first-order valence-corrected chi connectivity index (χ1v) is 36.8. The molecule has 0 atom stereocenters. The van der Waals surface area contributed by atoms with Crippen molar-refractivity contribution < 1.29 is 0 Å². The maximum Gasteiger partial charge on any atom is -0.00199 e. The van der Waals surface area contributed by atoms with E-state index in [9.17, 15) is 0 Å². The average molecular weight is 1340 g/mol. The molecule has 0 heteroatoms. The zero-order valence-corrected chi connectivity index (χ0v) is 58.3. The van der Waals surface area contributed by atoms with E-state index in [0.717, 1.165) is 0 Å². The highest BCUT2D eigenvalue weighted by atomic mass is 14.2. The highest BCUT2D eigenvalue weighted by Crippen LogP contribution is 2.49. The fourth-order valence-electron chi connectivity index (χ4n) is 17.4. The minimum atomic E-state index is 1.25. The molecule has 0 radical (unpaired) electrons. The summed E-state index contributed by atoms with van der Waals surface area (Å²) < 4.78 is 0. The van der Waals surface area contributed by atoms with Gasteiger partial charge in [-0.15, -0.1) is 0 Å². The summed E-state index contributed by atoms with van der Waals surface area (Å²) in [6.07, 6.45) is 0. The van der Waals surface area contributed by atoms with Crippen molar-refractivity contribution in [1.82, 2.24) is 0 Å². The molecule has 22 aromatic carbocycles. The van der Waals surface area contributed by atoms with Crippen LogP contribution in [0.4, 0.5) is 0 Å². The Morgan fingerprint density at radius 2 is 0.330 bits per heavy atom. The van der Waals surface area contributed by atoms with Crippen molar-refractivity contribution >= 4 is 140 Å². The minimum Gasteiger partial charge on any atom is -0.0616 e. The molecule has 0 aliphatic rings. The Morgan fingerprint density at radius 1 is 0.0943 bits per heavy atom. The van der Waals surface area contributed by atoms with Gasteiger partial charge in [0.1, 0.15) is 0 Å². The van der Waals surface area contributed by atoms with Crippen LogP contribution in [0.5, 0.6) is 0 Å². The monoisotopic (exact) mass is 1340 g/mol. The van der Waals surface area contributed by atoms with Gasteiger partial charge in [0.25, 0.3) is 0 Å². The largest absolute Gasteiger partial charge is 0.0616 e. The zero-order chi connectivity index (χ0) is 70.0. The van der Waals surface area contributed by atoms with Crippen LogP contribution in [0.1, 0.15) is 0 Å². The summed E-state index contributed by atoms with van der Waals surface area (Å²) in [7, 11) is 0. The quantitative estimate of drug-likeness (QED) is 0.115. The van der Waals surface area contributed by atoms with E-state index in [1.165, 1.54) is 207 Å². The SMILES string of the molecule is c1ccc2c(-c3c4ccccc4c(-c4cc5ccccc5c5ccccc45)c4ccccc34)cccc2c1.c1ccc2c(-c3cccc4c(-c5cc6ccccc6c6ccccc56)cccc34)cccc2c1.c1ccc2cc(-c3cccc4c(-c5cc6ccccc6c6ccccc56)cccc34)ccc2c1. The smallest absolute Gasteiger partial charge is 0.00199 e. The molecule has 0 spiro atoms. The first kappa shape index (κ1) is 62.0. The molecular formula is C106H68. The molecule has 0 saturated heterocycles. The third kappa shape index (κ3) is 10.6. The van der Waals surface area contributed by atoms with Crippen LogP contribution in [0, 0.1) is 0 Å². The van der Waals surface area contributed by atoms with E-state index in [2.05, 4.69) is 413 Å². The van der Waals surface area contributed by atoms with Gasteiger partial charge in [-0.3, -0.25) is 0 Å². The molecule has 492 valence electrons. The van der Waals surface area contributed by atoms with E-state index < -0.39 is 0 Å². The van der Waals surface area contributed by atoms with Gasteiger partial charge in [-0.25, -0.2) is 0 Å². The Labute approximate surface area is 615 Å². The van der Waals surface area contributed by atoms with Gasteiger partial charge in [-0.2, -0.15) is 0 Å². The summed E-state index contributed by atoms with van der Waals surface area (Å²) in [4.78, 5) is 0. The van der Waals surface area contributed by atoms with E-state index in [1.54, 1.807) is 0 Å². The second-order valence-electron chi connectivity index (χ2n) is 27.9. The average Bonchev–Trinajstić information content (AvgIpc) is 1.16. The lowest BCUT2D eigenvalue weighted by Crippen LogP contribution is -1.92. The molecule has 0 unspecified atom stereocenters. The molecule has 0 bridgehead atoms. The zero-order valence-electron chi connectivity index (χ0n) is 58.3. The van der Waals surface area contributed by atoms with Crippen molar-refractivity contribution in [1.29, 1.82) is 0 Å². The predicted octanol–water partition coefficient (Wildman–Crippen LogP) is 30.1.